The Bertz CT molecular complexity index is 775. The van der Waals surface area contributed by atoms with Crippen molar-refractivity contribution in [3.63, 3.8) is 0 Å². The summed E-state index contributed by atoms with van der Waals surface area (Å²) in [5.74, 6) is 0.809. The van der Waals surface area contributed by atoms with Gasteiger partial charge in [0.1, 0.15) is 5.82 Å². The summed E-state index contributed by atoms with van der Waals surface area (Å²) in [5, 5.41) is 0.486. The minimum atomic E-state index is -0.196. The largest absolute Gasteiger partial charge is 0.293 e. The normalized spacial score (nSPS) is 12.8. The van der Waals surface area contributed by atoms with Crippen LogP contribution in [-0.4, -0.2) is 9.55 Å². The Morgan fingerprint density at radius 3 is 2.55 bits per heavy atom. The molecule has 4 heteroatoms. The number of fused-ring (bicyclic) bond motifs is 1. The average molecular weight is 305 g/mol. The molecule has 2 aromatic carbocycles. The van der Waals surface area contributed by atoms with E-state index < -0.39 is 0 Å². The van der Waals surface area contributed by atoms with E-state index in [1.54, 1.807) is 0 Å². The molecule has 20 heavy (non-hydrogen) atoms. The number of aromatic nitrogens is 2. The first-order valence-electron chi connectivity index (χ1n) is 6.46. The van der Waals surface area contributed by atoms with E-state index in [-0.39, 0.29) is 5.38 Å². The van der Waals surface area contributed by atoms with Gasteiger partial charge >= 0.3 is 0 Å². The molecule has 0 saturated heterocycles. The van der Waals surface area contributed by atoms with E-state index in [1.807, 2.05) is 37.3 Å². The van der Waals surface area contributed by atoms with Gasteiger partial charge in [-0.15, -0.1) is 11.6 Å². The Labute approximate surface area is 128 Å². The molecule has 0 spiro atoms. The molecule has 3 rings (SSSR count). The summed E-state index contributed by atoms with van der Waals surface area (Å²) in [6.07, 6.45) is 0. The van der Waals surface area contributed by atoms with Crippen LogP contribution >= 0.6 is 23.2 Å². The van der Waals surface area contributed by atoms with Gasteiger partial charge in [0, 0.05) is 0 Å². The molecule has 0 fully saturated rings. The summed E-state index contributed by atoms with van der Waals surface area (Å²) in [5.41, 5.74) is 3.99. The number of aryl methyl sites for hydroxylation is 1. The molecule has 0 bridgehead atoms. The maximum atomic E-state index is 6.38. The van der Waals surface area contributed by atoms with Crippen molar-refractivity contribution in [2.24, 2.45) is 0 Å². The molecule has 0 aliphatic rings. The molecular formula is C16H14Cl2N2. The number of benzene rings is 2. The highest BCUT2D eigenvalue weighted by Crippen LogP contribution is 2.32. The number of halogens is 2. The molecule has 0 aliphatic heterocycles. The number of nitrogens with zero attached hydrogens (tertiary/aromatic N) is 2. The molecule has 102 valence electrons. The lowest BCUT2D eigenvalue weighted by Gasteiger charge is -2.13. The van der Waals surface area contributed by atoms with Crippen LogP contribution in [-0.2, 0) is 0 Å². The van der Waals surface area contributed by atoms with E-state index >= 15 is 0 Å². The molecule has 0 aliphatic carbocycles. The summed E-state index contributed by atoms with van der Waals surface area (Å²) >= 11 is 12.7. The first-order chi connectivity index (χ1) is 9.59. The first-order valence-corrected chi connectivity index (χ1v) is 7.28. The zero-order valence-electron chi connectivity index (χ0n) is 11.3. The summed E-state index contributed by atoms with van der Waals surface area (Å²) in [6, 6.07) is 13.9. The van der Waals surface area contributed by atoms with Crippen molar-refractivity contribution in [3.05, 3.63) is 58.9 Å². The fraction of sp³-hybridized carbons (Fsp3) is 0.188. The van der Waals surface area contributed by atoms with Crippen LogP contribution in [0.3, 0.4) is 0 Å². The van der Waals surface area contributed by atoms with Gasteiger partial charge in [-0.3, -0.25) is 4.57 Å². The van der Waals surface area contributed by atoms with E-state index in [0.29, 0.717) is 5.02 Å². The Morgan fingerprint density at radius 1 is 1.10 bits per heavy atom. The number of hydrogen-bond donors (Lipinski definition) is 0. The van der Waals surface area contributed by atoms with Crippen molar-refractivity contribution >= 4 is 34.2 Å². The predicted molar refractivity (Wildman–Crippen MR) is 85.1 cm³/mol. The number of rotatable bonds is 2. The van der Waals surface area contributed by atoms with Crippen LogP contribution in [0.5, 0.6) is 0 Å². The SMILES string of the molecule is Cc1ccccc1-n1c(C(C)Cl)nc2cccc(Cl)c21. The Hall–Kier alpha value is -1.51. The molecule has 1 heterocycles. The first kappa shape index (κ1) is 13.5. The lowest BCUT2D eigenvalue weighted by atomic mass is 10.2. The van der Waals surface area contributed by atoms with Crippen LogP contribution in [0.2, 0.25) is 5.02 Å². The van der Waals surface area contributed by atoms with Crippen molar-refractivity contribution < 1.29 is 0 Å². The van der Waals surface area contributed by atoms with Crippen LogP contribution < -0.4 is 0 Å². The highest BCUT2D eigenvalue weighted by molar-refractivity contribution is 6.35. The minimum absolute atomic E-state index is 0.196. The quantitative estimate of drug-likeness (QED) is 0.588. The summed E-state index contributed by atoms with van der Waals surface area (Å²) in [7, 11) is 0. The predicted octanol–water partition coefficient (Wildman–Crippen LogP) is 5.29. The van der Waals surface area contributed by atoms with Crippen molar-refractivity contribution in [3.8, 4) is 5.69 Å². The highest BCUT2D eigenvalue weighted by atomic mass is 35.5. The Kier molecular flexibility index (Phi) is 3.45. The second kappa shape index (κ2) is 5.12. The van der Waals surface area contributed by atoms with Crippen molar-refractivity contribution in [2.45, 2.75) is 19.2 Å². The van der Waals surface area contributed by atoms with Gasteiger partial charge in [0.25, 0.3) is 0 Å². The standard InChI is InChI=1S/C16H14Cl2N2/c1-10-6-3-4-9-14(10)20-15-12(18)7-5-8-13(15)19-16(20)11(2)17/h3-9,11H,1-2H3. The molecule has 0 N–H and O–H groups in total. The van der Waals surface area contributed by atoms with Gasteiger partial charge in [-0.05, 0) is 37.6 Å². The third-order valence-electron chi connectivity index (χ3n) is 3.37. The van der Waals surface area contributed by atoms with Gasteiger partial charge in [0.15, 0.2) is 0 Å². The number of para-hydroxylation sites is 2. The summed E-state index contributed by atoms with van der Waals surface area (Å²) in [4.78, 5) is 4.64. The molecule has 2 nitrogen and oxygen atoms in total. The smallest absolute Gasteiger partial charge is 0.132 e. The van der Waals surface area contributed by atoms with Crippen molar-refractivity contribution in [1.82, 2.24) is 9.55 Å². The lowest BCUT2D eigenvalue weighted by Crippen LogP contribution is -2.03. The fourth-order valence-corrected chi connectivity index (χ4v) is 2.83. The van der Waals surface area contributed by atoms with Gasteiger partial charge in [0.2, 0.25) is 0 Å². The summed E-state index contributed by atoms with van der Waals surface area (Å²) < 4.78 is 2.06. The van der Waals surface area contributed by atoms with Crippen LogP contribution in [0, 0.1) is 6.92 Å². The molecule has 3 aromatic rings. The van der Waals surface area contributed by atoms with E-state index in [0.717, 1.165) is 28.1 Å². The molecule has 0 amide bonds. The molecule has 0 radical (unpaired) electrons. The third kappa shape index (κ3) is 2.09. The van der Waals surface area contributed by atoms with Gasteiger partial charge in [-0.2, -0.15) is 0 Å². The molecule has 1 atom stereocenters. The summed E-state index contributed by atoms with van der Waals surface area (Å²) in [6.45, 7) is 3.99. The molecule has 1 unspecified atom stereocenters. The van der Waals surface area contributed by atoms with Crippen molar-refractivity contribution in [2.75, 3.05) is 0 Å². The van der Waals surface area contributed by atoms with Crippen LogP contribution in [0.15, 0.2) is 42.5 Å². The molecule has 0 saturated carbocycles. The third-order valence-corrected chi connectivity index (χ3v) is 3.87. The number of alkyl halides is 1. The average Bonchev–Trinajstić information content (AvgIpc) is 2.80. The molecule has 1 aromatic heterocycles. The van der Waals surface area contributed by atoms with E-state index in [2.05, 4.69) is 28.6 Å². The number of hydrogen-bond acceptors (Lipinski definition) is 1. The lowest BCUT2D eigenvalue weighted by molar-refractivity contribution is 0.878. The second-order valence-corrected chi connectivity index (χ2v) is 5.88. The minimum Gasteiger partial charge on any atom is -0.293 e. The zero-order chi connectivity index (χ0) is 14.3. The second-order valence-electron chi connectivity index (χ2n) is 4.82. The maximum Gasteiger partial charge on any atom is 0.132 e. The van der Waals surface area contributed by atoms with Gasteiger partial charge in [-0.25, -0.2) is 4.98 Å². The maximum absolute atomic E-state index is 6.38. The van der Waals surface area contributed by atoms with Crippen molar-refractivity contribution in [1.29, 1.82) is 0 Å². The van der Waals surface area contributed by atoms with E-state index in [1.165, 1.54) is 0 Å². The van der Waals surface area contributed by atoms with E-state index in [9.17, 15) is 0 Å². The Morgan fingerprint density at radius 2 is 1.85 bits per heavy atom. The zero-order valence-corrected chi connectivity index (χ0v) is 12.8. The van der Waals surface area contributed by atoms with Crippen LogP contribution in [0.4, 0.5) is 0 Å². The van der Waals surface area contributed by atoms with Crippen LogP contribution in [0.25, 0.3) is 16.7 Å². The van der Waals surface area contributed by atoms with Gasteiger partial charge in [0.05, 0.1) is 27.1 Å². The highest BCUT2D eigenvalue weighted by Gasteiger charge is 2.18. The molecular weight excluding hydrogens is 291 g/mol. The monoisotopic (exact) mass is 304 g/mol. The van der Waals surface area contributed by atoms with Gasteiger partial charge in [-0.1, -0.05) is 35.9 Å². The number of imidazole rings is 1. The topological polar surface area (TPSA) is 17.8 Å². The van der Waals surface area contributed by atoms with E-state index in [4.69, 9.17) is 23.2 Å². The Balaban J connectivity index is 2.44. The van der Waals surface area contributed by atoms with Crippen LogP contribution in [0.1, 0.15) is 23.7 Å². The van der Waals surface area contributed by atoms with Gasteiger partial charge < -0.3 is 0 Å². The fourth-order valence-electron chi connectivity index (χ4n) is 2.43.